The molecule has 126 valence electrons. The fourth-order valence-electron chi connectivity index (χ4n) is 2.18. The third-order valence-corrected chi connectivity index (χ3v) is 3.50. The van der Waals surface area contributed by atoms with Crippen molar-refractivity contribution < 1.29 is 9.59 Å². The summed E-state index contributed by atoms with van der Waals surface area (Å²) in [5.74, 6) is -0.380. The van der Waals surface area contributed by atoms with Gasteiger partial charge in [-0.15, -0.1) is 0 Å². The van der Waals surface area contributed by atoms with Gasteiger partial charge in [-0.3, -0.25) is 14.6 Å². The van der Waals surface area contributed by atoms with Crippen LogP contribution in [0.3, 0.4) is 0 Å². The number of pyridine rings is 1. The summed E-state index contributed by atoms with van der Waals surface area (Å²) >= 11 is 0. The molecule has 6 nitrogen and oxygen atoms in total. The van der Waals surface area contributed by atoms with Crippen molar-refractivity contribution in [1.29, 1.82) is 0 Å². The van der Waals surface area contributed by atoms with Gasteiger partial charge in [0, 0.05) is 31.9 Å². The monoisotopic (exact) mass is 326 g/mol. The summed E-state index contributed by atoms with van der Waals surface area (Å²) in [4.78, 5) is 27.7. The van der Waals surface area contributed by atoms with E-state index in [1.807, 2.05) is 42.5 Å². The Hall–Kier alpha value is -2.73. The minimum absolute atomic E-state index is 0.129. The maximum Gasteiger partial charge on any atom is 0.237 e. The molecule has 0 bridgehead atoms. The molecule has 6 heteroatoms. The number of aromatic nitrogens is 1. The van der Waals surface area contributed by atoms with Gasteiger partial charge >= 0.3 is 0 Å². The molecule has 0 fully saturated rings. The Morgan fingerprint density at radius 3 is 2.50 bits per heavy atom. The standard InChI is InChI=1S/C18H22N4O2/c19-16(11-14-5-2-1-3-6-14)18(24)21-10-8-17(23)22-13-15-7-4-9-20-12-15/h1-7,9,12,16H,8,10-11,13,19H2,(H,21,24)(H,22,23). The molecule has 0 spiro atoms. The van der Waals surface area contributed by atoms with E-state index in [-0.39, 0.29) is 24.8 Å². The molecule has 1 aromatic carbocycles. The van der Waals surface area contributed by atoms with Gasteiger partial charge in [0.25, 0.3) is 0 Å². The van der Waals surface area contributed by atoms with Crippen LogP contribution in [0.4, 0.5) is 0 Å². The van der Waals surface area contributed by atoms with Crippen molar-refractivity contribution in [2.24, 2.45) is 5.73 Å². The smallest absolute Gasteiger partial charge is 0.237 e. The van der Waals surface area contributed by atoms with E-state index in [0.717, 1.165) is 11.1 Å². The summed E-state index contributed by atoms with van der Waals surface area (Å²) in [6.07, 6.45) is 4.06. The summed E-state index contributed by atoms with van der Waals surface area (Å²) in [6.45, 7) is 0.689. The second-order valence-corrected chi connectivity index (χ2v) is 5.48. The molecule has 2 amide bonds. The number of carbonyl (C=O) groups excluding carboxylic acids is 2. The van der Waals surface area contributed by atoms with Gasteiger partial charge in [0.2, 0.25) is 11.8 Å². The van der Waals surface area contributed by atoms with Crippen molar-refractivity contribution in [3.8, 4) is 0 Å². The van der Waals surface area contributed by atoms with Crippen LogP contribution < -0.4 is 16.4 Å². The lowest BCUT2D eigenvalue weighted by Gasteiger charge is -2.12. The molecule has 0 aliphatic rings. The molecule has 0 radical (unpaired) electrons. The van der Waals surface area contributed by atoms with Gasteiger partial charge in [0.05, 0.1) is 6.04 Å². The number of nitrogens with one attached hydrogen (secondary N) is 2. The topological polar surface area (TPSA) is 97.1 Å². The highest BCUT2D eigenvalue weighted by molar-refractivity contribution is 5.82. The van der Waals surface area contributed by atoms with Crippen molar-refractivity contribution >= 4 is 11.8 Å². The number of nitrogens with two attached hydrogens (primary N) is 1. The van der Waals surface area contributed by atoms with Crippen molar-refractivity contribution in [1.82, 2.24) is 15.6 Å². The lowest BCUT2D eigenvalue weighted by atomic mass is 10.1. The second kappa shape index (κ2) is 9.42. The minimum atomic E-state index is -0.620. The van der Waals surface area contributed by atoms with E-state index < -0.39 is 6.04 Å². The van der Waals surface area contributed by atoms with E-state index in [9.17, 15) is 9.59 Å². The van der Waals surface area contributed by atoms with Crippen LogP contribution in [0.5, 0.6) is 0 Å². The summed E-state index contributed by atoms with van der Waals surface area (Å²) in [5.41, 5.74) is 7.82. The van der Waals surface area contributed by atoms with Gasteiger partial charge in [-0.1, -0.05) is 36.4 Å². The van der Waals surface area contributed by atoms with E-state index in [1.54, 1.807) is 12.4 Å². The number of hydrogen-bond donors (Lipinski definition) is 3. The Balaban J connectivity index is 1.63. The Kier molecular flexibility index (Phi) is 6.91. The first-order chi connectivity index (χ1) is 11.6. The molecular formula is C18H22N4O2. The first-order valence-electron chi connectivity index (χ1n) is 7.88. The quantitative estimate of drug-likeness (QED) is 0.667. The lowest BCUT2D eigenvalue weighted by Crippen LogP contribution is -2.43. The normalized spacial score (nSPS) is 11.5. The lowest BCUT2D eigenvalue weighted by molar-refractivity contribution is -0.123. The summed E-state index contributed by atoms with van der Waals surface area (Å²) in [6, 6.07) is 12.7. The molecular weight excluding hydrogens is 304 g/mol. The van der Waals surface area contributed by atoms with Crippen LogP contribution in [0.15, 0.2) is 54.9 Å². The molecule has 0 aliphatic heterocycles. The maximum absolute atomic E-state index is 11.9. The zero-order valence-corrected chi connectivity index (χ0v) is 13.4. The fraction of sp³-hybridized carbons (Fsp3) is 0.278. The minimum Gasteiger partial charge on any atom is -0.354 e. The van der Waals surface area contributed by atoms with Crippen LogP contribution >= 0.6 is 0 Å². The predicted molar refractivity (Wildman–Crippen MR) is 91.8 cm³/mol. The highest BCUT2D eigenvalue weighted by Crippen LogP contribution is 2.01. The van der Waals surface area contributed by atoms with Crippen LogP contribution in [0.1, 0.15) is 17.5 Å². The van der Waals surface area contributed by atoms with Crippen molar-refractivity contribution in [2.75, 3.05) is 6.54 Å². The van der Waals surface area contributed by atoms with Gasteiger partial charge in [-0.25, -0.2) is 0 Å². The third kappa shape index (κ3) is 6.18. The zero-order valence-electron chi connectivity index (χ0n) is 13.4. The van der Waals surface area contributed by atoms with Gasteiger partial charge < -0.3 is 16.4 Å². The van der Waals surface area contributed by atoms with Crippen molar-refractivity contribution in [3.63, 3.8) is 0 Å². The highest BCUT2D eigenvalue weighted by atomic mass is 16.2. The first-order valence-corrected chi connectivity index (χ1v) is 7.88. The van der Waals surface area contributed by atoms with E-state index in [4.69, 9.17) is 5.73 Å². The molecule has 4 N–H and O–H groups in total. The molecule has 1 atom stereocenters. The Labute approximate surface area is 141 Å². The average Bonchev–Trinajstić information content (AvgIpc) is 2.61. The van der Waals surface area contributed by atoms with Crippen molar-refractivity contribution in [3.05, 3.63) is 66.0 Å². The number of nitrogens with zero attached hydrogens (tertiary/aromatic N) is 1. The number of carbonyl (C=O) groups is 2. The van der Waals surface area contributed by atoms with Crippen molar-refractivity contribution in [2.45, 2.75) is 25.4 Å². The second-order valence-electron chi connectivity index (χ2n) is 5.48. The molecule has 0 saturated carbocycles. The molecule has 2 aromatic rings. The number of rotatable bonds is 8. The van der Waals surface area contributed by atoms with Crippen LogP contribution in [0.25, 0.3) is 0 Å². The average molecular weight is 326 g/mol. The molecule has 0 aliphatic carbocycles. The zero-order chi connectivity index (χ0) is 17.2. The van der Waals surface area contributed by atoms with E-state index in [2.05, 4.69) is 15.6 Å². The van der Waals surface area contributed by atoms with Gasteiger partial charge in [0.1, 0.15) is 0 Å². The van der Waals surface area contributed by atoms with Gasteiger partial charge in [0.15, 0.2) is 0 Å². The van der Waals surface area contributed by atoms with E-state index in [1.165, 1.54) is 0 Å². The van der Waals surface area contributed by atoms with Crippen LogP contribution in [0.2, 0.25) is 0 Å². The fourth-order valence-corrected chi connectivity index (χ4v) is 2.18. The predicted octanol–water partition coefficient (Wildman–Crippen LogP) is 0.774. The first kappa shape index (κ1) is 17.6. The van der Waals surface area contributed by atoms with Gasteiger partial charge in [-0.05, 0) is 23.6 Å². The molecule has 1 unspecified atom stereocenters. The van der Waals surface area contributed by atoms with Crippen LogP contribution in [0, 0.1) is 0 Å². The number of amides is 2. The summed E-state index contributed by atoms with van der Waals surface area (Å²) in [7, 11) is 0. The van der Waals surface area contributed by atoms with E-state index in [0.29, 0.717) is 13.0 Å². The third-order valence-electron chi connectivity index (χ3n) is 3.50. The Morgan fingerprint density at radius 1 is 1.04 bits per heavy atom. The molecule has 1 aromatic heterocycles. The number of benzene rings is 1. The largest absolute Gasteiger partial charge is 0.354 e. The van der Waals surface area contributed by atoms with Crippen LogP contribution in [-0.4, -0.2) is 29.4 Å². The maximum atomic E-state index is 11.9. The number of hydrogen-bond acceptors (Lipinski definition) is 4. The molecule has 0 saturated heterocycles. The SMILES string of the molecule is NC(Cc1ccccc1)C(=O)NCCC(=O)NCc1cccnc1. The summed E-state index contributed by atoms with van der Waals surface area (Å²) < 4.78 is 0. The Bertz CT molecular complexity index is 647. The van der Waals surface area contributed by atoms with Gasteiger partial charge in [-0.2, -0.15) is 0 Å². The van der Waals surface area contributed by atoms with E-state index >= 15 is 0 Å². The summed E-state index contributed by atoms with van der Waals surface area (Å²) in [5, 5.41) is 5.47. The molecule has 2 rings (SSSR count). The highest BCUT2D eigenvalue weighted by Gasteiger charge is 2.13. The molecule has 1 heterocycles. The van der Waals surface area contributed by atoms with Crippen LogP contribution in [-0.2, 0) is 22.6 Å². The Morgan fingerprint density at radius 2 is 1.79 bits per heavy atom. The molecule has 24 heavy (non-hydrogen) atoms.